The third-order valence-corrected chi connectivity index (χ3v) is 4.03. The molecule has 1 atom stereocenters. The number of ether oxygens (including phenoxy) is 1. The van der Waals surface area contributed by atoms with Crippen LogP contribution in [0.5, 0.6) is 5.75 Å². The van der Waals surface area contributed by atoms with Crippen molar-refractivity contribution in [2.24, 2.45) is 0 Å². The lowest BCUT2D eigenvalue weighted by Crippen LogP contribution is -2.10. The van der Waals surface area contributed by atoms with Gasteiger partial charge in [0.05, 0.1) is 0 Å². The second-order valence-corrected chi connectivity index (χ2v) is 5.32. The first kappa shape index (κ1) is 13.2. The molecule has 1 N–H and O–H groups in total. The maximum absolute atomic E-state index is 6.00. The SMILES string of the molecule is CNCCCC1c2ccccc2COc2ccccc21. The lowest BCUT2D eigenvalue weighted by atomic mass is 9.85. The molecule has 20 heavy (non-hydrogen) atoms. The van der Waals surface area contributed by atoms with E-state index in [0.717, 1.165) is 18.7 Å². The predicted molar refractivity (Wildman–Crippen MR) is 82.2 cm³/mol. The molecule has 1 aliphatic rings. The van der Waals surface area contributed by atoms with E-state index < -0.39 is 0 Å². The summed E-state index contributed by atoms with van der Waals surface area (Å²) < 4.78 is 6.00. The third kappa shape index (κ3) is 2.56. The molecule has 1 heterocycles. The molecule has 2 nitrogen and oxygen atoms in total. The monoisotopic (exact) mass is 267 g/mol. The first-order chi connectivity index (χ1) is 9.90. The van der Waals surface area contributed by atoms with Gasteiger partial charge in [-0.2, -0.15) is 0 Å². The highest BCUT2D eigenvalue weighted by atomic mass is 16.5. The maximum Gasteiger partial charge on any atom is 0.123 e. The van der Waals surface area contributed by atoms with Crippen LogP contribution in [0.25, 0.3) is 0 Å². The fourth-order valence-electron chi connectivity index (χ4n) is 3.02. The third-order valence-electron chi connectivity index (χ3n) is 4.03. The Bertz CT molecular complexity index is 532. The largest absolute Gasteiger partial charge is 0.489 e. The van der Waals surface area contributed by atoms with Crippen LogP contribution in [-0.4, -0.2) is 13.6 Å². The molecule has 0 aliphatic carbocycles. The second kappa shape index (κ2) is 6.10. The van der Waals surface area contributed by atoms with E-state index in [1.807, 2.05) is 7.05 Å². The van der Waals surface area contributed by atoms with Crippen molar-refractivity contribution < 1.29 is 4.74 Å². The smallest absolute Gasteiger partial charge is 0.123 e. The molecule has 0 aromatic heterocycles. The number of hydrogen-bond acceptors (Lipinski definition) is 2. The summed E-state index contributed by atoms with van der Waals surface area (Å²) in [6.45, 7) is 1.73. The van der Waals surface area contributed by atoms with Gasteiger partial charge in [-0.25, -0.2) is 0 Å². The van der Waals surface area contributed by atoms with Crippen molar-refractivity contribution in [1.29, 1.82) is 0 Å². The van der Waals surface area contributed by atoms with Gasteiger partial charge in [-0.3, -0.25) is 0 Å². The summed E-state index contributed by atoms with van der Waals surface area (Å²) >= 11 is 0. The van der Waals surface area contributed by atoms with Crippen LogP contribution < -0.4 is 10.1 Å². The summed E-state index contributed by atoms with van der Waals surface area (Å²) in [6, 6.07) is 17.1. The molecule has 2 aromatic rings. The molecule has 2 heteroatoms. The van der Waals surface area contributed by atoms with Crippen molar-refractivity contribution in [1.82, 2.24) is 5.32 Å². The minimum atomic E-state index is 0.443. The molecule has 0 fully saturated rings. The van der Waals surface area contributed by atoms with Crippen LogP contribution in [0.2, 0.25) is 0 Å². The fourth-order valence-corrected chi connectivity index (χ4v) is 3.02. The minimum absolute atomic E-state index is 0.443. The van der Waals surface area contributed by atoms with Crippen LogP contribution in [0.15, 0.2) is 48.5 Å². The average Bonchev–Trinajstić information content (AvgIpc) is 2.66. The molecule has 0 saturated carbocycles. The van der Waals surface area contributed by atoms with E-state index >= 15 is 0 Å². The van der Waals surface area contributed by atoms with Crippen LogP contribution in [-0.2, 0) is 6.61 Å². The first-order valence-electron chi connectivity index (χ1n) is 7.34. The summed E-state index contributed by atoms with van der Waals surface area (Å²) in [5.74, 6) is 1.48. The van der Waals surface area contributed by atoms with Gasteiger partial charge in [0.2, 0.25) is 0 Å². The van der Waals surface area contributed by atoms with E-state index in [1.165, 1.54) is 23.1 Å². The van der Waals surface area contributed by atoms with E-state index in [9.17, 15) is 0 Å². The van der Waals surface area contributed by atoms with Crippen molar-refractivity contribution in [2.45, 2.75) is 25.4 Å². The summed E-state index contributed by atoms with van der Waals surface area (Å²) in [7, 11) is 2.01. The van der Waals surface area contributed by atoms with Gasteiger partial charge >= 0.3 is 0 Å². The molecular formula is C18H21NO. The Morgan fingerprint density at radius 3 is 2.65 bits per heavy atom. The number of fused-ring (bicyclic) bond motifs is 2. The van der Waals surface area contributed by atoms with E-state index in [-0.39, 0.29) is 0 Å². The van der Waals surface area contributed by atoms with E-state index in [1.54, 1.807) is 0 Å². The van der Waals surface area contributed by atoms with Crippen LogP contribution in [0.1, 0.15) is 35.4 Å². The highest BCUT2D eigenvalue weighted by molar-refractivity contribution is 5.46. The van der Waals surface area contributed by atoms with Crippen molar-refractivity contribution in [2.75, 3.05) is 13.6 Å². The summed E-state index contributed by atoms with van der Waals surface area (Å²) in [4.78, 5) is 0. The number of para-hydroxylation sites is 1. The average molecular weight is 267 g/mol. The standard InChI is InChI=1S/C18H21NO/c1-19-12-6-10-16-15-8-3-2-7-14(15)13-20-18-11-5-4-9-17(16)18/h2-5,7-9,11,16,19H,6,10,12-13H2,1H3. The van der Waals surface area contributed by atoms with Crippen LogP contribution in [0.3, 0.4) is 0 Å². The molecular weight excluding hydrogens is 246 g/mol. The van der Waals surface area contributed by atoms with Gasteiger partial charge in [-0.05, 0) is 43.6 Å². The topological polar surface area (TPSA) is 21.3 Å². The molecule has 1 aliphatic heterocycles. The van der Waals surface area contributed by atoms with Crippen molar-refractivity contribution in [3.63, 3.8) is 0 Å². The van der Waals surface area contributed by atoms with E-state index in [2.05, 4.69) is 53.8 Å². The molecule has 0 saturated heterocycles. The van der Waals surface area contributed by atoms with Gasteiger partial charge in [-0.15, -0.1) is 0 Å². The zero-order valence-corrected chi connectivity index (χ0v) is 11.9. The Labute approximate surface area is 120 Å². The van der Waals surface area contributed by atoms with Gasteiger partial charge in [0, 0.05) is 11.5 Å². The van der Waals surface area contributed by atoms with Crippen molar-refractivity contribution in [3.8, 4) is 5.75 Å². The molecule has 3 rings (SSSR count). The minimum Gasteiger partial charge on any atom is -0.489 e. The lowest BCUT2D eigenvalue weighted by molar-refractivity contribution is 0.306. The highest BCUT2D eigenvalue weighted by Gasteiger charge is 2.23. The van der Waals surface area contributed by atoms with Crippen LogP contribution in [0, 0.1) is 0 Å². The van der Waals surface area contributed by atoms with Crippen LogP contribution in [0.4, 0.5) is 0 Å². The van der Waals surface area contributed by atoms with Crippen LogP contribution >= 0.6 is 0 Å². The molecule has 2 aromatic carbocycles. The lowest BCUT2D eigenvalue weighted by Gasteiger charge is -2.19. The number of hydrogen-bond donors (Lipinski definition) is 1. The van der Waals surface area contributed by atoms with E-state index in [4.69, 9.17) is 4.74 Å². The Hall–Kier alpha value is -1.80. The zero-order valence-electron chi connectivity index (χ0n) is 11.9. The summed E-state index contributed by atoms with van der Waals surface area (Å²) in [6.07, 6.45) is 2.32. The predicted octanol–water partition coefficient (Wildman–Crippen LogP) is 3.71. The van der Waals surface area contributed by atoms with Gasteiger partial charge in [0.25, 0.3) is 0 Å². The Kier molecular flexibility index (Phi) is 4.03. The van der Waals surface area contributed by atoms with Gasteiger partial charge < -0.3 is 10.1 Å². The summed E-state index contributed by atoms with van der Waals surface area (Å²) in [5, 5.41) is 3.24. The molecule has 0 spiro atoms. The van der Waals surface area contributed by atoms with Gasteiger partial charge in [-0.1, -0.05) is 42.5 Å². The Morgan fingerprint density at radius 1 is 1.05 bits per heavy atom. The number of rotatable bonds is 4. The summed E-state index contributed by atoms with van der Waals surface area (Å²) in [5.41, 5.74) is 4.07. The quantitative estimate of drug-likeness (QED) is 0.853. The highest BCUT2D eigenvalue weighted by Crippen LogP contribution is 2.39. The first-order valence-corrected chi connectivity index (χ1v) is 7.34. The molecule has 0 amide bonds. The Morgan fingerprint density at radius 2 is 1.80 bits per heavy atom. The normalized spacial score (nSPS) is 16.8. The molecule has 104 valence electrons. The Balaban J connectivity index is 2.00. The van der Waals surface area contributed by atoms with Gasteiger partial charge in [0.15, 0.2) is 0 Å². The van der Waals surface area contributed by atoms with Crippen molar-refractivity contribution >= 4 is 0 Å². The maximum atomic E-state index is 6.00. The van der Waals surface area contributed by atoms with Crippen molar-refractivity contribution in [3.05, 3.63) is 65.2 Å². The number of benzene rings is 2. The zero-order chi connectivity index (χ0) is 13.8. The molecule has 1 unspecified atom stereocenters. The molecule has 0 radical (unpaired) electrons. The fraction of sp³-hybridized carbons (Fsp3) is 0.333. The number of nitrogens with one attached hydrogen (secondary N) is 1. The second-order valence-electron chi connectivity index (χ2n) is 5.32. The molecule has 0 bridgehead atoms. The van der Waals surface area contributed by atoms with E-state index in [0.29, 0.717) is 12.5 Å². The van der Waals surface area contributed by atoms with Gasteiger partial charge in [0.1, 0.15) is 12.4 Å².